The number of carboxylic acid groups (broad SMARTS) is 2. The number of nitrogens with zero attached hydrogens (tertiary/aromatic N) is 5. The van der Waals surface area contributed by atoms with Crippen molar-refractivity contribution in [3.8, 4) is 11.5 Å². The number of carbonyl (C=O) groups excluding carboxylic acids is 7. The lowest BCUT2D eigenvalue weighted by molar-refractivity contribution is -0.152. The number of carboxylic acids is 2. The minimum Gasteiger partial charge on any atom is -0.489 e. The average Bonchev–Trinajstić information content (AvgIpc) is 1.60. The number of alkyl halides is 1. The monoisotopic (exact) mass is 1600 g/mol. The maximum Gasteiger partial charge on any atom is 0.375 e. The van der Waals surface area contributed by atoms with Crippen molar-refractivity contribution in [2.75, 3.05) is 55.7 Å². The summed E-state index contributed by atoms with van der Waals surface area (Å²) in [6.07, 6.45) is 13.1. The van der Waals surface area contributed by atoms with Crippen LogP contribution >= 0.6 is 15.9 Å². The number of halogens is 1. The SMILES string of the molecule is CCOC(=O)C(=O)CBr.CCOC(=O)c1coc(C2(c3ccccc3)CC2)n1.CN1C(=O)[C@@H](N)COc2ccccc21.CN1C(=O)[C@@H](NC(=O)c2coc(C3(c4ccccc4)CC3)n2)COc2ccccc21.NC(=O)C1(c2ccccc2)CC1.O=C(O)C1(c2ccccc2)CC1.O=C(O)c1coc(C2(c3ccccc3)CC2)n1. The van der Waals surface area contributed by atoms with Gasteiger partial charge in [0.1, 0.15) is 55.6 Å². The van der Waals surface area contributed by atoms with Crippen molar-refractivity contribution in [2.24, 2.45) is 11.5 Å². The number of anilines is 2. The second kappa shape index (κ2) is 36.2. The van der Waals surface area contributed by atoms with Crippen LogP contribution in [0.25, 0.3) is 0 Å². The van der Waals surface area contributed by atoms with Gasteiger partial charge in [0.2, 0.25) is 35.3 Å². The van der Waals surface area contributed by atoms with E-state index in [1.165, 1.54) is 34.2 Å². The zero-order valence-electron chi connectivity index (χ0n) is 62.7. The first kappa shape index (κ1) is 81.6. The fraction of sp³-hybridized carbons (Fsp3) is 0.302. The second-order valence-corrected chi connectivity index (χ2v) is 28.4. The lowest BCUT2D eigenvalue weighted by Gasteiger charge is -2.19. The number of primary amides is 1. The van der Waals surface area contributed by atoms with Gasteiger partial charge in [0.05, 0.1) is 57.0 Å². The highest BCUT2D eigenvalue weighted by Crippen LogP contribution is 2.55. The first-order valence-corrected chi connectivity index (χ1v) is 38.0. The average molecular weight is 1600 g/mol. The fourth-order valence-electron chi connectivity index (χ4n) is 13.1. The van der Waals surface area contributed by atoms with Crippen LogP contribution in [0.4, 0.5) is 11.4 Å². The number of hydrogen-bond acceptors (Lipinski definition) is 20. The van der Waals surface area contributed by atoms with Gasteiger partial charge in [-0.25, -0.2) is 29.3 Å². The Balaban J connectivity index is 0.000000135. The summed E-state index contributed by atoms with van der Waals surface area (Å²) in [5.41, 5.74) is 16.8. The normalized spacial score (nSPS) is 17.6. The Morgan fingerprint density at radius 2 is 0.850 bits per heavy atom. The maximum absolute atomic E-state index is 12.8. The number of amides is 4. The summed E-state index contributed by atoms with van der Waals surface area (Å²) in [5, 5.41) is 20.6. The van der Waals surface area contributed by atoms with Crippen molar-refractivity contribution < 1.29 is 85.6 Å². The quantitative estimate of drug-likeness (QED) is 0.0302. The number of ether oxygens (including phenoxy) is 4. The van der Waals surface area contributed by atoms with Crippen molar-refractivity contribution in [3.05, 3.63) is 282 Å². The molecule has 26 nitrogen and oxygen atoms in total. The number of hydrogen-bond donors (Lipinski definition) is 5. The predicted octanol–water partition coefficient (Wildman–Crippen LogP) is 12.2. The molecular formula is C86H87BrN8O18. The molecule has 0 radical (unpaired) electrons. The Morgan fingerprint density at radius 3 is 1.23 bits per heavy atom. The molecule has 10 aromatic rings. The molecule has 3 aromatic heterocycles. The van der Waals surface area contributed by atoms with Gasteiger partial charge in [-0.2, -0.15) is 0 Å². The topological polar surface area (TPSA) is 380 Å². The standard InChI is InChI=1S/C23H21N3O4.C15H15NO3.C13H11NO3.C10H12N2O2.C10H11NO.C10H10O2.C5H7BrO3/c1-26-18-9-5-6-10-19(18)29-14-17(21(26)28)24-20(27)16-13-30-22(25-16)23(11-12-23)15-7-3-2-4-8-15;1-2-18-13(17)12-10-19-14(16-12)15(8-9-15)11-6-4-3-5-7-11;15-11(16)10-8-17-12(14-10)13(6-7-13)9-4-2-1-3-5-9;1-12-8-4-2-3-5-9(8)14-6-7(11)10(12)13;2*11-9(12)10(6-7-10)8-4-2-1-3-5-8;1-2-9-5(8)4(7)3-6/h2-10,13,17H,11-12,14H2,1H3,(H,24,27);3-7,10H,2,8-9H2,1H3;1-5,8H,6-7H2,(H,15,16);2-5,7H,6,11H2,1H3;1-5H,6-7H2,(H2,11,12);1-5H,6-7H2,(H,11,12);2-3H2,1H3/t17-;;;7-;;;/m0..0.../s1. The van der Waals surface area contributed by atoms with E-state index in [1.807, 2.05) is 176 Å². The third-order valence-electron chi connectivity index (χ3n) is 20.4. The lowest BCUT2D eigenvalue weighted by atomic mass is 9.96. The van der Waals surface area contributed by atoms with Crippen molar-refractivity contribution in [1.29, 1.82) is 0 Å². The fourth-order valence-corrected chi connectivity index (χ4v) is 13.3. The van der Waals surface area contributed by atoms with Crippen LogP contribution in [-0.2, 0) is 65.3 Å². The summed E-state index contributed by atoms with van der Waals surface area (Å²) in [6, 6.07) is 62.6. The molecule has 5 heterocycles. The maximum atomic E-state index is 12.8. The van der Waals surface area contributed by atoms with Crippen LogP contribution in [0.15, 0.2) is 232 Å². The summed E-state index contributed by atoms with van der Waals surface area (Å²) >= 11 is 2.83. The Morgan fingerprint density at radius 1 is 0.487 bits per heavy atom. The molecule has 4 amide bonds. The number of oxazole rings is 3. The number of nitrogens with one attached hydrogen (secondary N) is 1. The number of carbonyl (C=O) groups is 9. The molecule has 7 N–H and O–H groups in total. The van der Waals surface area contributed by atoms with Gasteiger partial charge in [-0.05, 0) is 130 Å². The minimum atomic E-state index is -1.05. The summed E-state index contributed by atoms with van der Waals surface area (Å²) in [4.78, 5) is 118. The van der Waals surface area contributed by atoms with E-state index in [0.717, 1.165) is 92.1 Å². The first-order chi connectivity index (χ1) is 54.5. The van der Waals surface area contributed by atoms with Gasteiger partial charge in [-0.15, -0.1) is 0 Å². The summed E-state index contributed by atoms with van der Waals surface area (Å²) in [5.74, 6) is -1.53. The number of fused-ring (bicyclic) bond motifs is 2. The van der Waals surface area contributed by atoms with Gasteiger partial charge in [0.15, 0.2) is 17.1 Å². The van der Waals surface area contributed by atoms with Gasteiger partial charge in [0.25, 0.3) is 11.8 Å². The van der Waals surface area contributed by atoms with Gasteiger partial charge in [0, 0.05) is 14.1 Å². The Hall–Kier alpha value is -12.4. The summed E-state index contributed by atoms with van der Waals surface area (Å²) < 4.78 is 37.0. The van der Waals surface area contributed by atoms with E-state index in [1.54, 1.807) is 40.1 Å². The second-order valence-electron chi connectivity index (χ2n) is 27.8. The van der Waals surface area contributed by atoms with E-state index in [0.29, 0.717) is 41.5 Å². The molecule has 0 unspecified atom stereocenters. The number of para-hydroxylation sites is 4. The number of aliphatic carboxylic acids is 1. The molecule has 0 spiro atoms. The van der Waals surface area contributed by atoms with E-state index < -0.39 is 53.1 Å². The van der Waals surface area contributed by atoms with E-state index in [-0.39, 0.29) is 81.6 Å². The van der Waals surface area contributed by atoms with Crippen molar-refractivity contribution in [1.82, 2.24) is 20.3 Å². The van der Waals surface area contributed by atoms with Crippen LogP contribution < -0.4 is 36.1 Å². The van der Waals surface area contributed by atoms with Gasteiger partial charge in [-0.3, -0.25) is 28.8 Å². The number of nitrogens with two attached hydrogens (primary N) is 2. The number of ketones is 1. The molecule has 0 saturated heterocycles. The van der Waals surface area contributed by atoms with Crippen molar-refractivity contribution in [2.45, 2.75) is 117 Å². The number of rotatable bonds is 18. The van der Waals surface area contributed by atoms with Crippen LogP contribution in [0, 0.1) is 0 Å². The molecule has 17 rings (SSSR count). The molecule has 7 aliphatic rings. The highest BCUT2D eigenvalue weighted by atomic mass is 79.9. The summed E-state index contributed by atoms with van der Waals surface area (Å²) in [7, 11) is 3.37. The number of Topliss-reactive ketones (excluding diaryl/α,β-unsaturated/α-hetero) is 1. The van der Waals surface area contributed by atoms with Crippen LogP contribution in [0.3, 0.4) is 0 Å². The number of likely N-dealkylation sites (N-methyl/N-ethyl adjacent to an activating group) is 2. The number of aromatic carboxylic acids is 1. The molecule has 2 aliphatic heterocycles. The highest BCUT2D eigenvalue weighted by Gasteiger charge is 2.54. The third kappa shape index (κ3) is 19.0. The van der Waals surface area contributed by atoms with Gasteiger partial charge >= 0.3 is 23.9 Å². The van der Waals surface area contributed by atoms with E-state index in [9.17, 15) is 43.2 Å². The van der Waals surface area contributed by atoms with Crippen LogP contribution in [-0.4, -0.2) is 136 Å². The smallest absolute Gasteiger partial charge is 0.375 e. The number of benzene rings is 7. The number of aromatic nitrogens is 3. The summed E-state index contributed by atoms with van der Waals surface area (Å²) in [6.45, 7) is 4.29. The minimum absolute atomic E-state index is 0.0257. The first-order valence-electron chi connectivity index (χ1n) is 36.9. The van der Waals surface area contributed by atoms with Gasteiger partial charge < -0.3 is 69.0 Å². The predicted molar refractivity (Wildman–Crippen MR) is 419 cm³/mol. The van der Waals surface area contributed by atoms with Crippen molar-refractivity contribution in [3.63, 3.8) is 0 Å². The molecular weight excluding hydrogens is 1510 g/mol. The molecule has 5 saturated carbocycles. The van der Waals surface area contributed by atoms with Crippen molar-refractivity contribution >= 4 is 80.6 Å². The number of esters is 2. The molecule has 586 valence electrons. The molecule has 0 bridgehead atoms. The Bertz CT molecular complexity index is 4910. The van der Waals surface area contributed by atoms with E-state index in [4.69, 9.17) is 49.1 Å². The van der Waals surface area contributed by atoms with Crippen LogP contribution in [0.5, 0.6) is 11.5 Å². The zero-order valence-corrected chi connectivity index (χ0v) is 64.3. The largest absolute Gasteiger partial charge is 0.489 e. The molecule has 27 heteroatoms. The van der Waals surface area contributed by atoms with Crippen LogP contribution in [0.1, 0.15) is 155 Å². The third-order valence-corrected chi connectivity index (χ3v) is 20.9. The molecule has 2 atom stereocenters. The lowest BCUT2D eigenvalue weighted by Crippen LogP contribution is -2.49. The molecule has 5 aliphatic carbocycles. The Labute approximate surface area is 660 Å². The zero-order chi connectivity index (χ0) is 80.5. The van der Waals surface area contributed by atoms with E-state index >= 15 is 0 Å². The van der Waals surface area contributed by atoms with E-state index in [2.05, 4.69) is 53.1 Å². The Kier molecular flexibility index (Phi) is 26.2. The molecule has 7 aromatic carbocycles. The van der Waals surface area contributed by atoms with Crippen LogP contribution in [0.2, 0.25) is 0 Å². The highest BCUT2D eigenvalue weighted by molar-refractivity contribution is 9.09. The molecule has 5 fully saturated rings. The molecule has 113 heavy (non-hydrogen) atoms. The van der Waals surface area contributed by atoms with Gasteiger partial charge in [-0.1, -0.05) is 192 Å².